The second kappa shape index (κ2) is 8.11. The zero-order chi connectivity index (χ0) is 22.3. The molecule has 5 nitrogen and oxygen atoms in total. The van der Waals surface area contributed by atoms with Gasteiger partial charge in [0, 0.05) is 45.1 Å². The first-order valence-corrected chi connectivity index (χ1v) is 10.6. The molecule has 1 saturated heterocycles. The molecule has 0 saturated carbocycles. The van der Waals surface area contributed by atoms with E-state index in [2.05, 4.69) is 26.2 Å². The van der Waals surface area contributed by atoms with Crippen LogP contribution in [0.15, 0.2) is 60.9 Å². The number of hydrogen-bond acceptors (Lipinski definition) is 3. The molecule has 0 atom stereocenters. The summed E-state index contributed by atoms with van der Waals surface area (Å²) in [6.07, 6.45) is -0.483. The van der Waals surface area contributed by atoms with Crippen molar-refractivity contribution in [2.24, 2.45) is 0 Å². The van der Waals surface area contributed by atoms with Crippen molar-refractivity contribution in [2.75, 3.05) is 33.2 Å². The van der Waals surface area contributed by atoms with Crippen LogP contribution in [0.2, 0.25) is 0 Å². The number of imidazole rings is 1. The highest BCUT2D eigenvalue weighted by Gasteiger charge is 2.30. The fraction of sp³-hybridized carbons (Fsp3) is 0.292. The van der Waals surface area contributed by atoms with E-state index < -0.39 is 11.7 Å². The van der Waals surface area contributed by atoms with Gasteiger partial charge in [-0.15, -0.1) is 0 Å². The quantitative estimate of drug-likeness (QED) is 0.498. The Balaban J connectivity index is 1.55. The molecule has 1 N–H and O–H groups in total. The number of nitrogens with zero attached hydrogens (tertiary/aromatic N) is 4. The van der Waals surface area contributed by atoms with Gasteiger partial charge in [0.25, 0.3) is 0 Å². The van der Waals surface area contributed by atoms with Crippen LogP contribution in [0.1, 0.15) is 11.3 Å². The lowest BCUT2D eigenvalue weighted by atomic mass is 10.1. The normalized spacial score (nSPS) is 16.1. The summed E-state index contributed by atoms with van der Waals surface area (Å²) >= 11 is 0. The maximum atomic E-state index is 12.9. The van der Waals surface area contributed by atoms with E-state index in [1.807, 2.05) is 36.7 Å². The minimum Gasteiger partial charge on any atom is -0.360 e. The third-order valence-electron chi connectivity index (χ3n) is 6.09. The van der Waals surface area contributed by atoms with E-state index in [9.17, 15) is 13.2 Å². The van der Waals surface area contributed by atoms with Crippen molar-refractivity contribution in [1.29, 1.82) is 0 Å². The van der Waals surface area contributed by atoms with Crippen LogP contribution in [-0.2, 0) is 12.7 Å². The number of nitrogens with one attached hydrogen (secondary N) is 1. The van der Waals surface area contributed by atoms with Crippen molar-refractivity contribution in [3.63, 3.8) is 0 Å². The maximum Gasteiger partial charge on any atom is 0.416 e. The van der Waals surface area contributed by atoms with Crippen LogP contribution >= 0.6 is 0 Å². The molecule has 32 heavy (non-hydrogen) atoms. The van der Waals surface area contributed by atoms with Crippen LogP contribution in [0.25, 0.3) is 28.2 Å². The van der Waals surface area contributed by atoms with Gasteiger partial charge in [-0.1, -0.05) is 12.1 Å². The summed E-state index contributed by atoms with van der Waals surface area (Å²) in [6, 6.07) is 13.1. The first-order valence-electron chi connectivity index (χ1n) is 10.6. The van der Waals surface area contributed by atoms with Gasteiger partial charge in [-0.2, -0.15) is 13.2 Å². The number of likely N-dealkylation sites (N-methyl/N-ethyl adjacent to an activating group) is 1. The first-order chi connectivity index (χ1) is 15.4. The summed E-state index contributed by atoms with van der Waals surface area (Å²) < 4.78 is 40.9. The smallest absolute Gasteiger partial charge is 0.360 e. The molecule has 0 aliphatic carbocycles. The average molecular weight is 439 g/mol. The van der Waals surface area contributed by atoms with E-state index in [1.54, 1.807) is 0 Å². The van der Waals surface area contributed by atoms with Crippen molar-refractivity contribution < 1.29 is 13.2 Å². The van der Waals surface area contributed by atoms with Gasteiger partial charge < -0.3 is 14.3 Å². The molecule has 0 radical (unpaired) electrons. The Hall–Kier alpha value is -3.10. The van der Waals surface area contributed by atoms with Crippen molar-refractivity contribution in [3.8, 4) is 22.5 Å². The van der Waals surface area contributed by atoms with Gasteiger partial charge in [0.1, 0.15) is 11.3 Å². The molecule has 0 amide bonds. The summed E-state index contributed by atoms with van der Waals surface area (Å²) in [4.78, 5) is 12.9. The number of alkyl halides is 3. The topological polar surface area (TPSA) is 39.6 Å². The largest absolute Gasteiger partial charge is 0.416 e. The molecule has 5 rings (SSSR count). The molecule has 1 aliphatic heterocycles. The molecular weight excluding hydrogens is 415 g/mol. The Labute approximate surface area is 184 Å². The molecule has 3 aromatic heterocycles. The van der Waals surface area contributed by atoms with E-state index >= 15 is 0 Å². The SMILES string of the molecule is CN1CCN(Cc2c(-c3ccc[nH]3)nc3ccc(-c4ccc(C(F)(F)F)cc4)cn23)CC1. The fourth-order valence-electron chi connectivity index (χ4n) is 4.18. The van der Waals surface area contributed by atoms with Gasteiger partial charge in [0.2, 0.25) is 0 Å². The number of rotatable bonds is 4. The molecular formula is C24H24F3N5. The number of halogens is 3. The van der Waals surface area contributed by atoms with Crippen molar-refractivity contribution in [3.05, 3.63) is 72.2 Å². The second-order valence-electron chi connectivity index (χ2n) is 8.29. The lowest BCUT2D eigenvalue weighted by Gasteiger charge is -2.32. The van der Waals surface area contributed by atoms with E-state index in [0.717, 1.165) is 78.7 Å². The summed E-state index contributed by atoms with van der Waals surface area (Å²) in [7, 11) is 2.13. The van der Waals surface area contributed by atoms with Crippen LogP contribution in [-0.4, -0.2) is 57.4 Å². The minimum atomic E-state index is -4.34. The lowest BCUT2D eigenvalue weighted by Crippen LogP contribution is -2.44. The van der Waals surface area contributed by atoms with Crippen LogP contribution in [0.3, 0.4) is 0 Å². The number of benzene rings is 1. The van der Waals surface area contributed by atoms with Gasteiger partial charge in [-0.05, 0) is 54.6 Å². The predicted molar refractivity (Wildman–Crippen MR) is 118 cm³/mol. The van der Waals surface area contributed by atoms with Crippen LogP contribution < -0.4 is 0 Å². The number of aromatic amines is 1. The van der Waals surface area contributed by atoms with Gasteiger partial charge in [0.05, 0.1) is 17.0 Å². The van der Waals surface area contributed by atoms with E-state index in [-0.39, 0.29) is 0 Å². The molecule has 166 valence electrons. The zero-order valence-corrected chi connectivity index (χ0v) is 17.7. The zero-order valence-electron chi connectivity index (χ0n) is 17.7. The van der Waals surface area contributed by atoms with Gasteiger partial charge in [0.15, 0.2) is 0 Å². The average Bonchev–Trinajstić information content (AvgIpc) is 3.43. The Morgan fingerprint density at radius 2 is 1.66 bits per heavy atom. The van der Waals surface area contributed by atoms with E-state index in [1.165, 1.54) is 12.1 Å². The highest BCUT2D eigenvalue weighted by molar-refractivity contribution is 5.69. The van der Waals surface area contributed by atoms with Crippen LogP contribution in [0, 0.1) is 0 Å². The van der Waals surface area contributed by atoms with Crippen LogP contribution in [0.4, 0.5) is 13.2 Å². The Morgan fingerprint density at radius 3 is 2.31 bits per heavy atom. The standard InChI is InChI=1S/C24H24F3N5/c1-30-11-13-31(14-12-30)16-21-23(20-3-2-10-28-20)29-22-9-6-18(15-32(21)22)17-4-7-19(8-5-17)24(25,26)27/h2-10,15,28H,11-14,16H2,1H3. The third kappa shape index (κ3) is 4.03. The summed E-state index contributed by atoms with van der Waals surface area (Å²) in [5, 5.41) is 0. The van der Waals surface area contributed by atoms with Gasteiger partial charge in [-0.25, -0.2) is 4.98 Å². The van der Waals surface area contributed by atoms with Crippen molar-refractivity contribution in [1.82, 2.24) is 24.2 Å². The van der Waals surface area contributed by atoms with E-state index in [4.69, 9.17) is 4.98 Å². The Kier molecular flexibility index (Phi) is 5.27. The first kappa shape index (κ1) is 20.8. The molecule has 0 unspecified atom stereocenters. The second-order valence-corrected chi connectivity index (χ2v) is 8.29. The lowest BCUT2D eigenvalue weighted by molar-refractivity contribution is -0.137. The van der Waals surface area contributed by atoms with Gasteiger partial charge in [-0.3, -0.25) is 4.90 Å². The molecule has 8 heteroatoms. The number of piperazine rings is 1. The number of hydrogen-bond donors (Lipinski definition) is 1. The molecule has 1 aromatic carbocycles. The van der Waals surface area contributed by atoms with Gasteiger partial charge >= 0.3 is 6.18 Å². The highest BCUT2D eigenvalue weighted by Crippen LogP contribution is 2.32. The van der Waals surface area contributed by atoms with E-state index in [0.29, 0.717) is 0 Å². The molecule has 1 aliphatic rings. The number of fused-ring (bicyclic) bond motifs is 1. The summed E-state index contributed by atoms with van der Waals surface area (Å²) in [5.41, 5.74) is 4.68. The monoisotopic (exact) mass is 439 g/mol. The number of H-pyrrole nitrogens is 1. The molecule has 4 aromatic rings. The number of aromatic nitrogens is 3. The molecule has 1 fully saturated rings. The fourth-order valence-corrected chi connectivity index (χ4v) is 4.18. The minimum absolute atomic E-state index is 0.644. The molecule has 0 spiro atoms. The highest BCUT2D eigenvalue weighted by atomic mass is 19.4. The maximum absolute atomic E-state index is 12.9. The molecule has 4 heterocycles. The third-order valence-corrected chi connectivity index (χ3v) is 6.09. The summed E-state index contributed by atoms with van der Waals surface area (Å²) in [5.74, 6) is 0. The summed E-state index contributed by atoms with van der Waals surface area (Å²) in [6.45, 7) is 4.75. The Bertz CT molecular complexity index is 1200. The van der Waals surface area contributed by atoms with Crippen LogP contribution in [0.5, 0.6) is 0 Å². The predicted octanol–water partition coefficient (Wildman–Crippen LogP) is 4.76. The Morgan fingerprint density at radius 1 is 0.938 bits per heavy atom. The number of pyridine rings is 1. The molecule has 0 bridgehead atoms. The van der Waals surface area contributed by atoms with Crippen molar-refractivity contribution >= 4 is 5.65 Å². The van der Waals surface area contributed by atoms with Crippen molar-refractivity contribution in [2.45, 2.75) is 12.7 Å².